The first-order chi connectivity index (χ1) is 25.2. The molecule has 53 heavy (non-hydrogen) atoms. The fourth-order valence-corrected chi connectivity index (χ4v) is 17.0. The summed E-state index contributed by atoms with van der Waals surface area (Å²) in [6.07, 6.45) is 20.1. The third kappa shape index (κ3) is 4.94. The number of hydrogen-bond acceptors (Lipinski definition) is 4. The van der Waals surface area contributed by atoms with Crippen molar-refractivity contribution in [2.24, 2.45) is 53.3 Å². The molecule has 0 spiro atoms. The first-order valence-electron chi connectivity index (χ1n) is 20.4. The van der Waals surface area contributed by atoms with Crippen LogP contribution in [-0.4, -0.2) is 18.9 Å². The molecule has 1 N–H and O–H groups in total. The molecule has 14 rings (SSSR count). The van der Waals surface area contributed by atoms with E-state index < -0.39 is 50.0 Å². The van der Waals surface area contributed by atoms with Crippen molar-refractivity contribution in [3.8, 4) is 5.75 Å². The molecule has 12 aliphatic carbocycles. The second kappa shape index (κ2) is 11.1. The number of benzene rings is 2. The summed E-state index contributed by atoms with van der Waals surface area (Å²) < 4.78 is 99.8. The zero-order valence-corrected chi connectivity index (χ0v) is 30.9. The van der Waals surface area contributed by atoms with Crippen molar-refractivity contribution in [3.63, 3.8) is 0 Å². The fourth-order valence-electron chi connectivity index (χ4n) is 16.4. The van der Waals surface area contributed by atoms with E-state index in [9.17, 15) is 13.0 Å². The van der Waals surface area contributed by atoms with E-state index in [1.165, 1.54) is 63.4 Å². The largest absolute Gasteiger partial charge is 0.416 e. The highest BCUT2D eigenvalue weighted by Crippen LogP contribution is 2.67. The molecule has 0 amide bonds. The molecule has 12 saturated carbocycles. The van der Waals surface area contributed by atoms with Crippen molar-refractivity contribution in [2.75, 3.05) is 0 Å². The minimum atomic E-state index is -5.67. The minimum Gasteiger partial charge on any atom is -0.416 e. The van der Waals surface area contributed by atoms with Gasteiger partial charge in [0.15, 0.2) is 16.5 Å². The lowest BCUT2D eigenvalue weighted by molar-refractivity contribution is -0.0125. The minimum absolute atomic E-state index is 0.0291. The van der Waals surface area contributed by atoms with Gasteiger partial charge in [0, 0.05) is 0 Å². The van der Waals surface area contributed by atoms with Gasteiger partial charge in [0.2, 0.25) is 17.4 Å². The van der Waals surface area contributed by atoms with Crippen LogP contribution in [0, 0.1) is 76.5 Å². The first-order valence-corrected chi connectivity index (χ1v) is 21.9. The van der Waals surface area contributed by atoms with Gasteiger partial charge in [-0.25, -0.2) is 13.6 Å². The molecule has 2 aromatic carbocycles. The fraction of sp³-hybridized carbons (Fsp3) is 0.698. The van der Waals surface area contributed by atoms with Crippen molar-refractivity contribution in [1.29, 1.82) is 0 Å². The summed E-state index contributed by atoms with van der Waals surface area (Å²) in [4.78, 5) is 12.9. The van der Waals surface area contributed by atoms with Crippen molar-refractivity contribution in [1.82, 2.24) is 0 Å². The highest BCUT2D eigenvalue weighted by molar-refractivity contribution is 7.85. The lowest BCUT2D eigenvalue weighted by Gasteiger charge is -2.60. The molecule has 0 saturated heterocycles. The Hall–Kier alpha value is -2.46. The van der Waals surface area contributed by atoms with Crippen molar-refractivity contribution >= 4 is 16.1 Å². The average Bonchev–Trinajstić information content (AvgIpc) is 3.06. The van der Waals surface area contributed by atoms with Crippen LogP contribution in [0.4, 0.5) is 17.6 Å². The molecule has 12 aliphatic rings. The summed E-state index contributed by atoms with van der Waals surface area (Å²) in [6, 6.07) is 4.63. The Morgan fingerprint density at radius 2 is 0.849 bits per heavy atom. The average molecular weight is 753 g/mol. The van der Waals surface area contributed by atoms with E-state index >= 15 is 22.4 Å². The molecule has 12 fully saturated rings. The number of carbonyl (C=O) groups excluding carboxylic acids is 1. The van der Waals surface area contributed by atoms with Crippen molar-refractivity contribution < 1.29 is 40.1 Å². The van der Waals surface area contributed by atoms with Crippen LogP contribution in [0.15, 0.2) is 17.0 Å². The Labute approximate surface area is 308 Å². The third-order valence-electron chi connectivity index (χ3n) is 16.8. The molecule has 2 aromatic rings. The predicted molar refractivity (Wildman–Crippen MR) is 187 cm³/mol. The normalized spacial score (nSPS) is 42.8. The van der Waals surface area contributed by atoms with Gasteiger partial charge >= 0.3 is 16.1 Å². The highest BCUT2D eigenvalue weighted by Gasteiger charge is 2.58. The Bertz CT molecular complexity index is 1870. The van der Waals surface area contributed by atoms with Gasteiger partial charge < -0.3 is 4.74 Å². The maximum atomic E-state index is 15.6. The zero-order chi connectivity index (χ0) is 36.4. The lowest BCUT2D eigenvalue weighted by atomic mass is 9.44. The molecule has 5 nitrogen and oxygen atoms in total. The molecule has 284 valence electrons. The molecule has 0 unspecified atom stereocenters. The summed E-state index contributed by atoms with van der Waals surface area (Å²) >= 11 is 0. The number of carbonyl (C=O) groups is 1. The van der Waals surface area contributed by atoms with Crippen LogP contribution >= 0.6 is 0 Å². The van der Waals surface area contributed by atoms with Crippen LogP contribution in [0.3, 0.4) is 0 Å². The smallest absolute Gasteiger partial charge is 0.344 e. The van der Waals surface area contributed by atoms with Crippen molar-refractivity contribution in [2.45, 2.75) is 137 Å². The Morgan fingerprint density at radius 1 is 0.547 bits per heavy atom. The van der Waals surface area contributed by atoms with Gasteiger partial charge in [-0.15, -0.1) is 0 Å². The Morgan fingerprint density at radius 3 is 1.15 bits per heavy atom. The van der Waals surface area contributed by atoms with E-state index in [2.05, 4.69) is 12.1 Å². The Balaban J connectivity index is 1.14. The van der Waals surface area contributed by atoms with Crippen LogP contribution in [-0.2, 0) is 26.4 Å². The lowest BCUT2D eigenvalue weighted by Crippen LogP contribution is -2.52. The van der Waals surface area contributed by atoms with Gasteiger partial charge in [-0.3, -0.25) is 4.55 Å². The van der Waals surface area contributed by atoms with E-state index in [0.29, 0.717) is 58.8 Å². The summed E-state index contributed by atoms with van der Waals surface area (Å²) in [6.45, 7) is 0. The summed E-state index contributed by atoms with van der Waals surface area (Å²) in [5.74, 6) is -6.24. The van der Waals surface area contributed by atoms with E-state index in [0.717, 1.165) is 68.9 Å². The second-order valence-electron chi connectivity index (χ2n) is 20.3. The number of esters is 1. The monoisotopic (exact) mass is 752 g/mol. The zero-order valence-electron chi connectivity index (χ0n) is 30.1. The maximum absolute atomic E-state index is 15.6. The predicted octanol–water partition coefficient (Wildman–Crippen LogP) is 10.1. The molecular weight excluding hydrogens is 705 g/mol. The van der Waals surface area contributed by atoms with Gasteiger partial charge in [0.25, 0.3) is 0 Å². The molecule has 0 radical (unpaired) electrons. The number of halogens is 4. The summed E-state index contributed by atoms with van der Waals surface area (Å²) in [5.41, 5.74) is 2.94. The molecular formula is C43H48F4O5S. The second-order valence-corrected chi connectivity index (χ2v) is 21.7. The van der Waals surface area contributed by atoms with Crippen LogP contribution in [0.2, 0.25) is 0 Å². The van der Waals surface area contributed by atoms with Gasteiger partial charge in [0.1, 0.15) is 0 Å². The Kier molecular flexibility index (Phi) is 7.09. The summed E-state index contributed by atoms with van der Waals surface area (Å²) in [7, 11) is -5.67. The molecule has 0 heterocycles. The van der Waals surface area contributed by atoms with Gasteiger partial charge in [-0.2, -0.15) is 17.2 Å². The van der Waals surface area contributed by atoms with Gasteiger partial charge in [-0.05, 0) is 202 Å². The van der Waals surface area contributed by atoms with Crippen LogP contribution < -0.4 is 4.74 Å². The van der Waals surface area contributed by atoms with E-state index in [-0.39, 0.29) is 16.2 Å². The maximum Gasteiger partial charge on any atom is 0.344 e. The molecule has 0 aromatic heterocycles. The molecule has 0 aliphatic heterocycles. The first kappa shape index (κ1) is 33.8. The van der Waals surface area contributed by atoms with Crippen LogP contribution in [0.1, 0.15) is 143 Å². The van der Waals surface area contributed by atoms with E-state index in [1.807, 2.05) is 0 Å². The van der Waals surface area contributed by atoms with Gasteiger partial charge in [-0.1, -0.05) is 12.1 Å². The van der Waals surface area contributed by atoms with Crippen molar-refractivity contribution in [3.05, 3.63) is 57.7 Å². The number of rotatable bonds is 6. The topological polar surface area (TPSA) is 80.7 Å². The van der Waals surface area contributed by atoms with Crippen LogP contribution in [0.5, 0.6) is 5.75 Å². The standard InChI is InChI=1S/C43H48F4O5S/c44-34-36(46)39(53(49,50)51)37(47)35(45)38(34)52-40(48)33-31(42-15-24-4-25(16-42)6-26(5-24)17-42)10-30(41-12-21-1-22(13-41)3-23(2-21)14-41)11-32(33)43-18-27-7-28(19-43)9-29(8-27)20-43/h10-11,21-29H,1-9,12-20H2,(H,49,50,51). The summed E-state index contributed by atoms with van der Waals surface area (Å²) in [5, 5.41) is 0. The SMILES string of the molecule is O=C(Oc1c(F)c(F)c(S(=O)(=O)O)c(F)c1F)c1c(C23CC4CC(CC(C4)C2)C3)cc(C23CC4CC(CC(C4)C2)C3)cc1C12CC3CC(CC(C3)C1)C2. The molecule has 12 bridgehead atoms. The number of ether oxygens (including phenoxy) is 1. The van der Waals surface area contributed by atoms with Crippen LogP contribution in [0.25, 0.3) is 0 Å². The molecule has 0 atom stereocenters. The number of hydrogen-bond donors (Lipinski definition) is 1. The van der Waals surface area contributed by atoms with E-state index in [1.54, 1.807) is 0 Å². The molecule has 10 heteroatoms. The third-order valence-corrected chi connectivity index (χ3v) is 17.7. The van der Waals surface area contributed by atoms with E-state index in [4.69, 9.17) is 4.74 Å². The van der Waals surface area contributed by atoms with Gasteiger partial charge in [0.05, 0.1) is 5.56 Å². The quantitative estimate of drug-likeness (QED) is 0.105. The highest BCUT2D eigenvalue weighted by atomic mass is 32.2.